The maximum atomic E-state index is 13.6. The van der Waals surface area contributed by atoms with E-state index in [0.29, 0.717) is 0 Å². The Bertz CT molecular complexity index is 507. The normalized spacial score (nSPS) is 19.4. The molecule has 3 nitrogen and oxygen atoms in total. The standard InChI is InChI=1S/C12H11F2NO2S/c1-7(16)18-8-5-11(17)15(6-8)10-4-2-3-9(13)12(10)14/h2-4,8H,5-6H2,1H3. The predicted molar refractivity (Wildman–Crippen MR) is 65.4 cm³/mol. The zero-order valence-electron chi connectivity index (χ0n) is 9.65. The molecule has 0 saturated carbocycles. The van der Waals surface area contributed by atoms with Crippen LogP contribution in [0.3, 0.4) is 0 Å². The average molecular weight is 271 g/mol. The molecule has 0 aliphatic carbocycles. The van der Waals surface area contributed by atoms with Crippen molar-refractivity contribution < 1.29 is 18.4 Å². The monoisotopic (exact) mass is 271 g/mol. The van der Waals surface area contributed by atoms with Crippen LogP contribution in [0.4, 0.5) is 14.5 Å². The lowest BCUT2D eigenvalue weighted by atomic mass is 10.2. The summed E-state index contributed by atoms with van der Waals surface area (Å²) in [5.41, 5.74) is -0.0633. The third-order valence-corrected chi connectivity index (χ3v) is 3.63. The van der Waals surface area contributed by atoms with Crippen molar-refractivity contribution in [2.24, 2.45) is 0 Å². The first-order chi connectivity index (χ1) is 8.49. The molecule has 1 aromatic carbocycles. The lowest BCUT2D eigenvalue weighted by molar-refractivity contribution is -0.117. The summed E-state index contributed by atoms with van der Waals surface area (Å²) in [6.07, 6.45) is 0.167. The molecule has 1 atom stereocenters. The lowest BCUT2D eigenvalue weighted by Crippen LogP contribution is -2.26. The van der Waals surface area contributed by atoms with Crippen LogP contribution in [0.15, 0.2) is 18.2 Å². The number of anilines is 1. The number of hydrogen-bond donors (Lipinski definition) is 0. The summed E-state index contributed by atoms with van der Waals surface area (Å²) < 4.78 is 26.7. The molecule has 1 aromatic rings. The Morgan fingerprint density at radius 2 is 2.17 bits per heavy atom. The van der Waals surface area contributed by atoms with Crippen LogP contribution >= 0.6 is 11.8 Å². The van der Waals surface area contributed by atoms with E-state index < -0.39 is 11.6 Å². The molecule has 1 heterocycles. The highest BCUT2D eigenvalue weighted by molar-refractivity contribution is 8.14. The molecule has 0 N–H and O–H groups in total. The minimum absolute atomic E-state index is 0.0633. The number of rotatable bonds is 2. The number of nitrogens with zero attached hydrogens (tertiary/aromatic N) is 1. The molecule has 1 unspecified atom stereocenters. The van der Waals surface area contributed by atoms with E-state index in [0.717, 1.165) is 17.8 Å². The van der Waals surface area contributed by atoms with Gasteiger partial charge < -0.3 is 4.90 Å². The van der Waals surface area contributed by atoms with E-state index in [1.165, 1.54) is 24.0 Å². The van der Waals surface area contributed by atoms with Gasteiger partial charge in [-0.15, -0.1) is 0 Å². The summed E-state index contributed by atoms with van der Waals surface area (Å²) in [7, 11) is 0. The molecule has 1 amide bonds. The van der Waals surface area contributed by atoms with Gasteiger partial charge in [0.2, 0.25) is 5.91 Å². The van der Waals surface area contributed by atoms with Crippen LogP contribution in [-0.4, -0.2) is 22.8 Å². The van der Waals surface area contributed by atoms with E-state index >= 15 is 0 Å². The number of hydrogen-bond acceptors (Lipinski definition) is 3. The van der Waals surface area contributed by atoms with Gasteiger partial charge in [0.05, 0.1) is 5.69 Å². The zero-order valence-corrected chi connectivity index (χ0v) is 10.5. The molecule has 6 heteroatoms. The number of amides is 1. The third-order valence-electron chi connectivity index (χ3n) is 2.64. The van der Waals surface area contributed by atoms with Crippen molar-refractivity contribution in [3.8, 4) is 0 Å². The van der Waals surface area contributed by atoms with Gasteiger partial charge in [0.15, 0.2) is 16.7 Å². The first-order valence-electron chi connectivity index (χ1n) is 5.40. The van der Waals surface area contributed by atoms with Gasteiger partial charge in [-0.2, -0.15) is 0 Å². The van der Waals surface area contributed by atoms with Gasteiger partial charge in [-0.05, 0) is 12.1 Å². The Labute approximate surface area is 107 Å². The molecular weight excluding hydrogens is 260 g/mol. The average Bonchev–Trinajstić information content (AvgIpc) is 2.62. The first-order valence-corrected chi connectivity index (χ1v) is 6.28. The van der Waals surface area contributed by atoms with Crippen LogP contribution in [0, 0.1) is 11.6 Å². The van der Waals surface area contributed by atoms with Gasteiger partial charge in [-0.1, -0.05) is 17.8 Å². The van der Waals surface area contributed by atoms with Crippen molar-refractivity contribution in [3.63, 3.8) is 0 Å². The fraction of sp³-hybridized carbons (Fsp3) is 0.333. The van der Waals surface area contributed by atoms with Crippen molar-refractivity contribution >= 4 is 28.5 Å². The Hall–Kier alpha value is -1.43. The van der Waals surface area contributed by atoms with Crippen LogP contribution in [0.25, 0.3) is 0 Å². The van der Waals surface area contributed by atoms with E-state index in [9.17, 15) is 18.4 Å². The van der Waals surface area contributed by atoms with Crippen LogP contribution < -0.4 is 4.90 Å². The molecule has 96 valence electrons. The number of carbonyl (C=O) groups excluding carboxylic acids is 2. The minimum atomic E-state index is -1.03. The first kappa shape index (κ1) is 13.0. The smallest absolute Gasteiger partial charge is 0.228 e. The third kappa shape index (κ3) is 2.53. The highest BCUT2D eigenvalue weighted by Gasteiger charge is 2.33. The van der Waals surface area contributed by atoms with Crippen LogP contribution in [-0.2, 0) is 9.59 Å². The topological polar surface area (TPSA) is 37.4 Å². The molecule has 0 spiro atoms. The molecule has 1 fully saturated rings. The van der Waals surface area contributed by atoms with Crippen LogP contribution in [0.2, 0.25) is 0 Å². The van der Waals surface area contributed by atoms with E-state index in [1.54, 1.807) is 0 Å². The predicted octanol–water partition coefficient (Wildman–Crippen LogP) is 2.35. The second-order valence-electron chi connectivity index (χ2n) is 4.01. The Balaban J connectivity index is 2.22. The second-order valence-corrected chi connectivity index (χ2v) is 5.49. The fourth-order valence-corrected chi connectivity index (χ4v) is 2.84. The van der Waals surface area contributed by atoms with Crippen molar-refractivity contribution in [3.05, 3.63) is 29.8 Å². The summed E-state index contributed by atoms with van der Waals surface area (Å²) in [5, 5.41) is -0.285. The molecule has 1 aliphatic rings. The molecule has 1 saturated heterocycles. The largest absolute Gasteiger partial charge is 0.308 e. The summed E-state index contributed by atoms with van der Waals surface area (Å²) in [4.78, 5) is 23.9. The summed E-state index contributed by atoms with van der Waals surface area (Å²) in [5.74, 6) is -2.31. The lowest BCUT2D eigenvalue weighted by Gasteiger charge is -2.17. The van der Waals surface area contributed by atoms with E-state index in [1.807, 2.05) is 0 Å². The minimum Gasteiger partial charge on any atom is -0.308 e. The van der Waals surface area contributed by atoms with Gasteiger partial charge in [-0.3, -0.25) is 9.59 Å². The van der Waals surface area contributed by atoms with Crippen molar-refractivity contribution in [2.45, 2.75) is 18.6 Å². The summed E-state index contributed by atoms with van der Waals surface area (Å²) >= 11 is 1.06. The highest BCUT2D eigenvalue weighted by Crippen LogP contribution is 2.30. The van der Waals surface area contributed by atoms with Gasteiger partial charge in [0.1, 0.15) is 0 Å². The Kier molecular flexibility index (Phi) is 3.65. The van der Waals surface area contributed by atoms with Gasteiger partial charge in [0, 0.05) is 25.1 Å². The molecule has 2 rings (SSSR count). The van der Waals surface area contributed by atoms with Gasteiger partial charge >= 0.3 is 0 Å². The number of benzene rings is 1. The number of thioether (sulfide) groups is 1. The van der Waals surface area contributed by atoms with Gasteiger partial charge in [0.25, 0.3) is 0 Å². The maximum Gasteiger partial charge on any atom is 0.228 e. The van der Waals surface area contributed by atoms with Crippen molar-refractivity contribution in [1.29, 1.82) is 0 Å². The van der Waals surface area contributed by atoms with Crippen LogP contribution in [0.5, 0.6) is 0 Å². The Morgan fingerprint density at radius 3 is 2.83 bits per heavy atom. The van der Waals surface area contributed by atoms with E-state index in [2.05, 4.69) is 0 Å². The van der Waals surface area contributed by atoms with E-state index in [4.69, 9.17) is 0 Å². The fourth-order valence-electron chi connectivity index (χ4n) is 1.92. The Morgan fingerprint density at radius 1 is 1.44 bits per heavy atom. The number of carbonyl (C=O) groups is 2. The van der Waals surface area contributed by atoms with Crippen molar-refractivity contribution in [1.82, 2.24) is 0 Å². The molecule has 0 aromatic heterocycles. The quantitative estimate of drug-likeness (QED) is 0.828. The maximum absolute atomic E-state index is 13.6. The molecule has 0 radical (unpaired) electrons. The molecule has 18 heavy (non-hydrogen) atoms. The SMILES string of the molecule is CC(=O)SC1CC(=O)N(c2cccc(F)c2F)C1. The summed E-state index contributed by atoms with van der Waals surface area (Å²) in [6, 6.07) is 3.71. The molecule has 1 aliphatic heterocycles. The highest BCUT2D eigenvalue weighted by atomic mass is 32.2. The second kappa shape index (κ2) is 5.06. The van der Waals surface area contributed by atoms with Crippen molar-refractivity contribution in [2.75, 3.05) is 11.4 Å². The summed E-state index contributed by atoms with van der Waals surface area (Å²) in [6.45, 7) is 1.64. The molecular formula is C12H11F2NO2S. The zero-order chi connectivity index (χ0) is 13.3. The van der Waals surface area contributed by atoms with E-state index in [-0.39, 0.29) is 34.9 Å². The van der Waals surface area contributed by atoms with Gasteiger partial charge in [-0.25, -0.2) is 8.78 Å². The molecule has 0 bridgehead atoms. The van der Waals surface area contributed by atoms with Crippen LogP contribution in [0.1, 0.15) is 13.3 Å². The number of halogens is 2.